The molecule has 6 nitrogen and oxygen atoms in total. The second kappa shape index (κ2) is 5.85. The highest BCUT2D eigenvalue weighted by Gasteiger charge is 2.33. The molecule has 1 aromatic rings. The van der Waals surface area contributed by atoms with Crippen LogP contribution in [0.4, 0.5) is 14.9 Å². The molecule has 1 aliphatic rings. The SMILES string of the molecule is CC(C)N1CCC(NC(=O)Nc2ccncc2F)C1=O. The number of amides is 3. The third kappa shape index (κ3) is 3.04. The summed E-state index contributed by atoms with van der Waals surface area (Å²) in [6.45, 7) is 4.46. The summed E-state index contributed by atoms with van der Waals surface area (Å²) >= 11 is 0. The number of rotatable bonds is 3. The molecular weight excluding hydrogens is 263 g/mol. The van der Waals surface area contributed by atoms with Gasteiger partial charge in [0.25, 0.3) is 0 Å². The summed E-state index contributed by atoms with van der Waals surface area (Å²) in [5.74, 6) is -0.727. The van der Waals surface area contributed by atoms with E-state index in [-0.39, 0.29) is 17.6 Å². The molecule has 2 N–H and O–H groups in total. The maximum absolute atomic E-state index is 13.3. The summed E-state index contributed by atoms with van der Waals surface area (Å²) in [5, 5.41) is 4.93. The normalized spacial score (nSPS) is 18.5. The zero-order valence-electron chi connectivity index (χ0n) is 11.4. The fourth-order valence-electron chi connectivity index (χ4n) is 2.14. The van der Waals surface area contributed by atoms with Crippen LogP contribution in [0.5, 0.6) is 0 Å². The standard InChI is InChI=1S/C13H17FN4O2/c1-8(2)18-6-4-11(12(18)19)17-13(20)16-10-3-5-15-7-9(10)14/h3,5,7-8,11H,4,6H2,1-2H3,(H2,15,16,17,20). The summed E-state index contributed by atoms with van der Waals surface area (Å²) < 4.78 is 13.3. The van der Waals surface area contributed by atoms with Gasteiger partial charge in [0.1, 0.15) is 6.04 Å². The van der Waals surface area contributed by atoms with E-state index in [0.717, 1.165) is 6.20 Å². The molecule has 3 amide bonds. The van der Waals surface area contributed by atoms with E-state index in [0.29, 0.717) is 13.0 Å². The van der Waals surface area contributed by atoms with Gasteiger partial charge in [-0.05, 0) is 26.3 Å². The highest BCUT2D eigenvalue weighted by Crippen LogP contribution is 2.15. The van der Waals surface area contributed by atoms with Crippen LogP contribution in [0.1, 0.15) is 20.3 Å². The molecule has 0 spiro atoms. The van der Waals surface area contributed by atoms with E-state index in [1.165, 1.54) is 12.3 Å². The van der Waals surface area contributed by atoms with Crippen LogP contribution >= 0.6 is 0 Å². The van der Waals surface area contributed by atoms with Gasteiger partial charge in [-0.15, -0.1) is 0 Å². The number of carbonyl (C=O) groups excluding carboxylic acids is 2. The zero-order valence-corrected chi connectivity index (χ0v) is 11.4. The number of nitrogens with zero attached hydrogens (tertiary/aromatic N) is 2. The van der Waals surface area contributed by atoms with Crippen molar-refractivity contribution in [3.63, 3.8) is 0 Å². The minimum Gasteiger partial charge on any atom is -0.338 e. The number of urea groups is 1. The van der Waals surface area contributed by atoms with E-state index in [1.807, 2.05) is 13.8 Å². The third-order valence-electron chi connectivity index (χ3n) is 3.19. The summed E-state index contributed by atoms with van der Waals surface area (Å²) in [5.41, 5.74) is 0.0312. The number of pyridine rings is 1. The molecule has 1 unspecified atom stereocenters. The van der Waals surface area contributed by atoms with Gasteiger partial charge in [0.2, 0.25) is 5.91 Å². The minimum absolute atomic E-state index is 0.0312. The molecule has 108 valence electrons. The Balaban J connectivity index is 1.93. The highest BCUT2D eigenvalue weighted by atomic mass is 19.1. The largest absolute Gasteiger partial charge is 0.338 e. The second-order valence-electron chi connectivity index (χ2n) is 4.92. The number of anilines is 1. The van der Waals surface area contributed by atoms with Crippen LogP contribution in [-0.4, -0.2) is 40.5 Å². The first kappa shape index (κ1) is 14.2. The molecule has 0 saturated carbocycles. The topological polar surface area (TPSA) is 74.3 Å². The minimum atomic E-state index is -0.621. The molecule has 1 aliphatic heterocycles. The molecule has 1 saturated heterocycles. The van der Waals surface area contributed by atoms with Gasteiger partial charge in [-0.2, -0.15) is 0 Å². The van der Waals surface area contributed by atoms with Crippen molar-refractivity contribution in [2.45, 2.75) is 32.4 Å². The maximum Gasteiger partial charge on any atom is 0.319 e. The van der Waals surface area contributed by atoms with Crippen molar-refractivity contribution >= 4 is 17.6 Å². The van der Waals surface area contributed by atoms with Crippen LogP contribution in [0.2, 0.25) is 0 Å². The molecular formula is C13H17FN4O2. The van der Waals surface area contributed by atoms with Crippen LogP contribution in [0.15, 0.2) is 18.5 Å². The van der Waals surface area contributed by atoms with E-state index in [9.17, 15) is 14.0 Å². The van der Waals surface area contributed by atoms with Gasteiger partial charge in [0, 0.05) is 18.8 Å². The average molecular weight is 280 g/mol. The van der Waals surface area contributed by atoms with Gasteiger partial charge in [-0.3, -0.25) is 9.78 Å². The van der Waals surface area contributed by atoms with Crippen LogP contribution in [-0.2, 0) is 4.79 Å². The van der Waals surface area contributed by atoms with E-state index in [2.05, 4.69) is 15.6 Å². The first-order valence-corrected chi connectivity index (χ1v) is 6.46. The summed E-state index contributed by atoms with van der Waals surface area (Å²) in [7, 11) is 0. The van der Waals surface area contributed by atoms with Crippen molar-refractivity contribution in [1.82, 2.24) is 15.2 Å². The first-order valence-electron chi connectivity index (χ1n) is 6.46. The molecule has 0 aliphatic carbocycles. The Morgan fingerprint density at radius 3 is 2.90 bits per heavy atom. The predicted molar refractivity (Wildman–Crippen MR) is 71.6 cm³/mol. The van der Waals surface area contributed by atoms with E-state index < -0.39 is 17.9 Å². The Hall–Kier alpha value is -2.18. The lowest BCUT2D eigenvalue weighted by molar-refractivity contribution is -0.130. The molecule has 1 atom stereocenters. The van der Waals surface area contributed by atoms with E-state index >= 15 is 0 Å². The van der Waals surface area contributed by atoms with Gasteiger partial charge in [0.05, 0.1) is 11.9 Å². The fourth-order valence-corrected chi connectivity index (χ4v) is 2.14. The Kier molecular flexibility index (Phi) is 4.16. The first-order chi connectivity index (χ1) is 9.49. The van der Waals surface area contributed by atoms with E-state index in [1.54, 1.807) is 4.90 Å². The lowest BCUT2D eigenvalue weighted by Crippen LogP contribution is -2.44. The molecule has 20 heavy (non-hydrogen) atoms. The van der Waals surface area contributed by atoms with Gasteiger partial charge in [0.15, 0.2) is 5.82 Å². The number of hydrogen-bond donors (Lipinski definition) is 2. The van der Waals surface area contributed by atoms with Crippen LogP contribution in [0.25, 0.3) is 0 Å². The maximum atomic E-state index is 13.3. The molecule has 1 fully saturated rings. The van der Waals surface area contributed by atoms with Crippen LogP contribution < -0.4 is 10.6 Å². The number of nitrogens with one attached hydrogen (secondary N) is 2. The quantitative estimate of drug-likeness (QED) is 0.877. The van der Waals surface area contributed by atoms with Crippen molar-refractivity contribution in [3.8, 4) is 0 Å². The summed E-state index contributed by atoms with van der Waals surface area (Å²) in [6.07, 6.45) is 2.94. The molecule has 7 heteroatoms. The lowest BCUT2D eigenvalue weighted by atomic mass is 10.2. The van der Waals surface area contributed by atoms with Crippen molar-refractivity contribution in [2.75, 3.05) is 11.9 Å². The van der Waals surface area contributed by atoms with Gasteiger partial charge in [-0.1, -0.05) is 0 Å². The fraction of sp³-hybridized carbons (Fsp3) is 0.462. The monoisotopic (exact) mass is 280 g/mol. The molecule has 0 bridgehead atoms. The number of carbonyl (C=O) groups is 2. The number of likely N-dealkylation sites (tertiary alicyclic amines) is 1. The van der Waals surface area contributed by atoms with Gasteiger partial charge in [-0.25, -0.2) is 9.18 Å². The van der Waals surface area contributed by atoms with Crippen LogP contribution in [0, 0.1) is 5.82 Å². The Morgan fingerprint density at radius 2 is 2.30 bits per heavy atom. The number of hydrogen-bond acceptors (Lipinski definition) is 3. The van der Waals surface area contributed by atoms with Crippen molar-refractivity contribution in [1.29, 1.82) is 0 Å². The summed E-state index contributed by atoms with van der Waals surface area (Å²) in [4.78, 5) is 29.1. The highest BCUT2D eigenvalue weighted by molar-refractivity contribution is 5.94. The van der Waals surface area contributed by atoms with Crippen molar-refractivity contribution in [3.05, 3.63) is 24.3 Å². The number of aromatic nitrogens is 1. The lowest BCUT2D eigenvalue weighted by Gasteiger charge is -2.21. The second-order valence-corrected chi connectivity index (χ2v) is 4.92. The number of halogens is 1. The van der Waals surface area contributed by atoms with Crippen molar-refractivity contribution in [2.24, 2.45) is 0 Å². The van der Waals surface area contributed by atoms with Crippen LogP contribution in [0.3, 0.4) is 0 Å². The Labute approximate surface area is 116 Å². The third-order valence-corrected chi connectivity index (χ3v) is 3.19. The molecule has 0 radical (unpaired) electrons. The summed E-state index contributed by atoms with van der Waals surface area (Å²) in [6, 6.07) is 0.308. The predicted octanol–water partition coefficient (Wildman–Crippen LogP) is 1.35. The molecule has 1 aromatic heterocycles. The molecule has 2 rings (SSSR count). The smallest absolute Gasteiger partial charge is 0.319 e. The Bertz CT molecular complexity index is 521. The average Bonchev–Trinajstić information content (AvgIpc) is 2.74. The van der Waals surface area contributed by atoms with Crippen molar-refractivity contribution < 1.29 is 14.0 Å². The molecule has 2 heterocycles. The van der Waals surface area contributed by atoms with E-state index in [4.69, 9.17) is 0 Å². The van der Waals surface area contributed by atoms with Gasteiger partial charge >= 0.3 is 6.03 Å². The molecule has 0 aromatic carbocycles. The zero-order chi connectivity index (χ0) is 14.7. The Morgan fingerprint density at radius 1 is 1.55 bits per heavy atom. The van der Waals surface area contributed by atoms with Gasteiger partial charge < -0.3 is 15.5 Å².